The number of piperidine rings is 1. The highest BCUT2D eigenvalue weighted by Crippen LogP contribution is 2.18. The third-order valence-electron chi connectivity index (χ3n) is 5.36. The Labute approximate surface area is 176 Å². The summed E-state index contributed by atoms with van der Waals surface area (Å²) >= 11 is 0. The van der Waals surface area contributed by atoms with E-state index in [9.17, 15) is 4.79 Å². The lowest BCUT2D eigenvalue weighted by molar-refractivity contribution is -0.130. The molecule has 2 saturated heterocycles. The zero-order valence-electron chi connectivity index (χ0n) is 16.9. The fraction of sp³-hybridized carbons (Fsp3) is 0.895. The number of likely N-dealkylation sites (tertiary alicyclic amines) is 1. The summed E-state index contributed by atoms with van der Waals surface area (Å²) in [5, 5.41) is 3.45. The minimum absolute atomic E-state index is 0. The van der Waals surface area contributed by atoms with Gasteiger partial charge in [0, 0.05) is 45.7 Å². The molecule has 0 spiro atoms. The Bertz CT molecular complexity index is 438. The van der Waals surface area contributed by atoms with Crippen molar-refractivity contribution in [3.05, 3.63) is 0 Å². The molecule has 0 aromatic carbocycles. The van der Waals surface area contributed by atoms with Crippen LogP contribution in [0.2, 0.25) is 0 Å². The second-order valence-electron chi connectivity index (χ2n) is 7.23. The molecule has 2 aliphatic rings. The maximum absolute atomic E-state index is 11.5. The molecule has 2 aliphatic heterocycles. The molecule has 0 aliphatic carbocycles. The van der Waals surface area contributed by atoms with Crippen LogP contribution in [0.15, 0.2) is 4.99 Å². The molecule has 6 nitrogen and oxygen atoms in total. The number of carbonyl (C=O) groups excluding carboxylic acids is 1. The normalized spacial score (nSPS) is 22.1. The first kappa shape index (κ1) is 23.5. The van der Waals surface area contributed by atoms with Crippen LogP contribution in [-0.4, -0.2) is 85.0 Å². The smallest absolute Gasteiger partial charge is 0.219 e. The fourth-order valence-corrected chi connectivity index (χ4v) is 3.77. The molecular weight excluding hydrogens is 441 g/mol. The SMILES string of the molecule is CCCCN1CCCCC1CN=C(NCC)N1CCN(C(C)=O)CC1.I. The highest BCUT2D eigenvalue weighted by Gasteiger charge is 2.24. The van der Waals surface area contributed by atoms with Crippen molar-refractivity contribution < 1.29 is 4.79 Å². The van der Waals surface area contributed by atoms with Crippen LogP contribution in [0.3, 0.4) is 0 Å². The highest BCUT2D eigenvalue weighted by atomic mass is 127. The van der Waals surface area contributed by atoms with Crippen molar-refractivity contribution in [1.82, 2.24) is 20.0 Å². The average Bonchev–Trinajstić information content (AvgIpc) is 2.64. The van der Waals surface area contributed by atoms with Gasteiger partial charge in [-0.25, -0.2) is 0 Å². The minimum atomic E-state index is 0. The number of hydrogen-bond acceptors (Lipinski definition) is 3. The summed E-state index contributed by atoms with van der Waals surface area (Å²) in [5.74, 6) is 1.20. The van der Waals surface area contributed by atoms with Crippen molar-refractivity contribution in [3.8, 4) is 0 Å². The van der Waals surface area contributed by atoms with Crippen LogP contribution in [0.25, 0.3) is 0 Å². The van der Waals surface area contributed by atoms with E-state index in [2.05, 4.69) is 29.0 Å². The number of nitrogens with one attached hydrogen (secondary N) is 1. The zero-order valence-corrected chi connectivity index (χ0v) is 19.2. The van der Waals surface area contributed by atoms with Gasteiger partial charge in [0.15, 0.2) is 5.96 Å². The van der Waals surface area contributed by atoms with Crippen molar-refractivity contribution in [2.24, 2.45) is 4.99 Å². The van der Waals surface area contributed by atoms with Crippen molar-refractivity contribution >= 4 is 35.8 Å². The number of piperazine rings is 1. The molecule has 1 N–H and O–H groups in total. The van der Waals surface area contributed by atoms with E-state index in [4.69, 9.17) is 4.99 Å². The summed E-state index contributed by atoms with van der Waals surface area (Å²) in [5.41, 5.74) is 0. The summed E-state index contributed by atoms with van der Waals surface area (Å²) in [6.45, 7) is 13.6. The van der Waals surface area contributed by atoms with E-state index in [0.717, 1.165) is 45.2 Å². The maximum atomic E-state index is 11.5. The van der Waals surface area contributed by atoms with Gasteiger partial charge < -0.3 is 15.1 Å². The number of unbranched alkanes of at least 4 members (excludes halogenated alkanes) is 1. The van der Waals surface area contributed by atoms with Crippen LogP contribution in [0.4, 0.5) is 0 Å². The van der Waals surface area contributed by atoms with Gasteiger partial charge >= 0.3 is 0 Å². The third kappa shape index (κ3) is 7.21. The van der Waals surface area contributed by atoms with E-state index in [1.54, 1.807) is 6.92 Å². The van der Waals surface area contributed by atoms with Gasteiger partial charge in [0.1, 0.15) is 0 Å². The van der Waals surface area contributed by atoms with Gasteiger partial charge in [0.25, 0.3) is 0 Å². The first-order valence-electron chi connectivity index (χ1n) is 10.2. The van der Waals surface area contributed by atoms with Crippen molar-refractivity contribution in [1.29, 1.82) is 0 Å². The quantitative estimate of drug-likeness (QED) is 0.361. The van der Waals surface area contributed by atoms with Gasteiger partial charge in [-0.2, -0.15) is 0 Å². The highest BCUT2D eigenvalue weighted by molar-refractivity contribution is 14.0. The Balaban J connectivity index is 0.00000338. The second kappa shape index (κ2) is 12.8. The number of nitrogens with zero attached hydrogens (tertiary/aromatic N) is 4. The molecule has 26 heavy (non-hydrogen) atoms. The van der Waals surface area contributed by atoms with Crippen LogP contribution < -0.4 is 5.32 Å². The largest absolute Gasteiger partial charge is 0.357 e. The second-order valence-corrected chi connectivity index (χ2v) is 7.23. The van der Waals surface area contributed by atoms with Gasteiger partial charge in [-0.15, -0.1) is 24.0 Å². The number of rotatable bonds is 6. The summed E-state index contributed by atoms with van der Waals surface area (Å²) in [7, 11) is 0. The topological polar surface area (TPSA) is 51.2 Å². The number of amides is 1. The molecule has 0 radical (unpaired) electrons. The lowest BCUT2D eigenvalue weighted by Gasteiger charge is -2.37. The predicted octanol–water partition coefficient (Wildman–Crippen LogP) is 2.39. The van der Waals surface area contributed by atoms with E-state index in [1.807, 2.05) is 4.90 Å². The number of carbonyl (C=O) groups is 1. The van der Waals surface area contributed by atoms with Crippen LogP contribution in [0, 0.1) is 0 Å². The molecule has 0 aromatic rings. The molecular formula is C19H38IN5O. The van der Waals surface area contributed by atoms with E-state index < -0.39 is 0 Å². The molecule has 1 unspecified atom stereocenters. The van der Waals surface area contributed by atoms with Crippen LogP contribution in [0.1, 0.15) is 52.9 Å². The summed E-state index contributed by atoms with van der Waals surface area (Å²) in [4.78, 5) is 23.4. The molecule has 2 rings (SSSR count). The van der Waals surface area contributed by atoms with Crippen molar-refractivity contribution in [2.45, 2.75) is 58.9 Å². The molecule has 2 fully saturated rings. The van der Waals surface area contributed by atoms with E-state index in [-0.39, 0.29) is 29.9 Å². The van der Waals surface area contributed by atoms with E-state index in [1.165, 1.54) is 45.2 Å². The van der Waals surface area contributed by atoms with Gasteiger partial charge in [0.2, 0.25) is 5.91 Å². The molecule has 152 valence electrons. The Morgan fingerprint density at radius 3 is 2.38 bits per heavy atom. The van der Waals surface area contributed by atoms with Crippen molar-refractivity contribution in [3.63, 3.8) is 0 Å². The molecule has 0 bridgehead atoms. The average molecular weight is 479 g/mol. The summed E-state index contributed by atoms with van der Waals surface area (Å²) < 4.78 is 0. The Kier molecular flexibility index (Phi) is 11.5. The maximum Gasteiger partial charge on any atom is 0.219 e. The first-order valence-corrected chi connectivity index (χ1v) is 10.2. The first-order chi connectivity index (χ1) is 12.2. The minimum Gasteiger partial charge on any atom is -0.357 e. The molecule has 7 heteroatoms. The number of halogens is 1. The standard InChI is InChI=1S/C19H37N5O.HI/c1-4-6-10-23-11-8-7-9-18(23)16-21-19(20-5-2)24-14-12-22(13-15-24)17(3)25;/h18H,4-16H2,1-3H3,(H,20,21);1H. The molecule has 1 atom stereocenters. The molecule has 0 aromatic heterocycles. The molecule has 2 heterocycles. The number of guanidine groups is 1. The summed E-state index contributed by atoms with van der Waals surface area (Å²) in [6.07, 6.45) is 6.47. The third-order valence-corrected chi connectivity index (χ3v) is 5.36. The van der Waals surface area contributed by atoms with Crippen molar-refractivity contribution in [2.75, 3.05) is 52.4 Å². The monoisotopic (exact) mass is 479 g/mol. The van der Waals surface area contributed by atoms with Gasteiger partial charge in [-0.05, 0) is 39.3 Å². The van der Waals surface area contributed by atoms with Gasteiger partial charge in [-0.3, -0.25) is 14.7 Å². The lowest BCUT2D eigenvalue weighted by Crippen LogP contribution is -2.53. The Morgan fingerprint density at radius 1 is 1.08 bits per heavy atom. The number of aliphatic imine (C=N–C) groups is 1. The Hall–Kier alpha value is -0.570. The van der Waals surface area contributed by atoms with Crippen LogP contribution >= 0.6 is 24.0 Å². The summed E-state index contributed by atoms with van der Waals surface area (Å²) in [6, 6.07) is 0.590. The fourth-order valence-electron chi connectivity index (χ4n) is 3.77. The number of hydrogen-bond donors (Lipinski definition) is 1. The zero-order chi connectivity index (χ0) is 18.1. The molecule has 1 amide bonds. The lowest BCUT2D eigenvalue weighted by atomic mass is 10.0. The van der Waals surface area contributed by atoms with Crippen LogP contribution in [0.5, 0.6) is 0 Å². The molecule has 0 saturated carbocycles. The van der Waals surface area contributed by atoms with Crippen LogP contribution in [-0.2, 0) is 4.79 Å². The van der Waals surface area contributed by atoms with E-state index >= 15 is 0 Å². The predicted molar refractivity (Wildman–Crippen MR) is 119 cm³/mol. The van der Waals surface area contributed by atoms with Gasteiger partial charge in [0.05, 0.1) is 6.54 Å². The Morgan fingerprint density at radius 2 is 1.77 bits per heavy atom. The van der Waals surface area contributed by atoms with Gasteiger partial charge in [-0.1, -0.05) is 19.8 Å². The van der Waals surface area contributed by atoms with E-state index in [0.29, 0.717) is 6.04 Å².